The third-order valence-corrected chi connectivity index (χ3v) is 5.05. The fraction of sp³-hybridized carbons (Fsp3) is 0.263. The number of hydrogen-bond donors (Lipinski definition) is 3. The summed E-state index contributed by atoms with van der Waals surface area (Å²) < 4.78 is 5.50. The molecule has 28 heavy (non-hydrogen) atoms. The Morgan fingerprint density at radius 1 is 1.29 bits per heavy atom. The molecule has 0 fully saturated rings. The zero-order valence-electron chi connectivity index (χ0n) is 15.2. The highest BCUT2D eigenvalue weighted by molar-refractivity contribution is 7.13. The number of aromatic nitrogens is 1. The Morgan fingerprint density at radius 3 is 2.75 bits per heavy atom. The van der Waals surface area contributed by atoms with Crippen molar-refractivity contribution >= 4 is 40.5 Å². The van der Waals surface area contributed by atoms with Gasteiger partial charge in [-0.15, -0.1) is 11.3 Å². The smallest absolute Gasteiger partial charge is 0.236 e. The van der Waals surface area contributed by atoms with Crippen molar-refractivity contribution in [2.75, 3.05) is 13.1 Å². The number of aliphatic imine (C=N–C) groups is 1. The van der Waals surface area contributed by atoms with Crippen LogP contribution in [0, 0.1) is 0 Å². The first-order valence-corrected chi connectivity index (χ1v) is 10.3. The first-order valence-electron chi connectivity index (χ1n) is 8.69. The molecule has 0 bridgehead atoms. The molecule has 0 aliphatic carbocycles. The summed E-state index contributed by atoms with van der Waals surface area (Å²) in [6.07, 6.45) is 0.822. The number of rotatable bonds is 7. The number of thiophene rings is 1. The normalized spacial score (nSPS) is 12.8. The molecule has 0 radical (unpaired) electrons. The summed E-state index contributed by atoms with van der Waals surface area (Å²) in [7, 11) is 0. The molecule has 1 atom stereocenters. The van der Waals surface area contributed by atoms with E-state index in [1.165, 1.54) is 0 Å². The van der Waals surface area contributed by atoms with Crippen LogP contribution in [-0.4, -0.2) is 29.1 Å². The minimum absolute atomic E-state index is 0.252. The topological polar surface area (TPSA) is 82.7 Å². The number of aliphatic hydroxyl groups excluding tert-OH is 1. The van der Waals surface area contributed by atoms with Crippen LogP contribution < -0.4 is 10.6 Å². The molecular weight excluding hydrogens is 419 g/mol. The van der Waals surface area contributed by atoms with Gasteiger partial charge >= 0.3 is 0 Å². The predicted octanol–water partition coefficient (Wildman–Crippen LogP) is 4.50. The van der Waals surface area contributed by atoms with E-state index in [1.807, 2.05) is 24.4 Å². The molecule has 2 heterocycles. The van der Waals surface area contributed by atoms with Crippen molar-refractivity contribution in [1.29, 1.82) is 0 Å². The Balaban J connectivity index is 1.61. The van der Waals surface area contributed by atoms with E-state index in [9.17, 15) is 5.11 Å². The molecule has 0 saturated heterocycles. The molecule has 0 spiro atoms. The molecular formula is C19H20Cl2N4O2S. The lowest BCUT2D eigenvalue weighted by atomic mass is 10.1. The van der Waals surface area contributed by atoms with E-state index >= 15 is 0 Å². The molecule has 2 aromatic heterocycles. The fourth-order valence-electron chi connectivity index (χ4n) is 2.47. The van der Waals surface area contributed by atoms with Gasteiger partial charge in [-0.05, 0) is 42.1 Å². The van der Waals surface area contributed by atoms with Crippen molar-refractivity contribution in [2.45, 2.75) is 19.6 Å². The van der Waals surface area contributed by atoms with Gasteiger partial charge in [0.25, 0.3) is 0 Å². The van der Waals surface area contributed by atoms with Gasteiger partial charge in [0, 0.05) is 23.1 Å². The van der Waals surface area contributed by atoms with Gasteiger partial charge in [0.2, 0.25) is 5.89 Å². The molecule has 0 amide bonds. The van der Waals surface area contributed by atoms with E-state index in [1.54, 1.807) is 35.8 Å². The second kappa shape index (κ2) is 9.93. The van der Waals surface area contributed by atoms with E-state index in [4.69, 9.17) is 27.6 Å². The van der Waals surface area contributed by atoms with E-state index < -0.39 is 6.10 Å². The number of benzene rings is 1. The zero-order valence-corrected chi connectivity index (χ0v) is 17.5. The lowest BCUT2D eigenvalue weighted by molar-refractivity contribution is 0.181. The van der Waals surface area contributed by atoms with E-state index in [0.717, 1.165) is 10.6 Å². The molecule has 0 aliphatic heterocycles. The number of aliphatic hydroxyl groups is 1. The van der Waals surface area contributed by atoms with Crippen LogP contribution in [0.2, 0.25) is 10.0 Å². The average Bonchev–Trinajstić information content (AvgIpc) is 3.34. The van der Waals surface area contributed by atoms with Crippen LogP contribution in [-0.2, 0) is 6.54 Å². The predicted molar refractivity (Wildman–Crippen MR) is 114 cm³/mol. The lowest BCUT2D eigenvalue weighted by Gasteiger charge is -2.16. The van der Waals surface area contributed by atoms with Gasteiger partial charge in [0.15, 0.2) is 5.96 Å². The Labute approximate surface area is 177 Å². The van der Waals surface area contributed by atoms with Crippen molar-refractivity contribution in [3.8, 4) is 10.8 Å². The average molecular weight is 439 g/mol. The van der Waals surface area contributed by atoms with Crippen molar-refractivity contribution in [3.05, 3.63) is 63.3 Å². The highest BCUT2D eigenvalue weighted by Crippen LogP contribution is 2.24. The van der Waals surface area contributed by atoms with Gasteiger partial charge in [-0.1, -0.05) is 29.3 Å². The van der Waals surface area contributed by atoms with E-state index in [0.29, 0.717) is 40.5 Å². The molecule has 3 N–H and O–H groups in total. The van der Waals surface area contributed by atoms with Gasteiger partial charge in [-0.3, -0.25) is 0 Å². The Morgan fingerprint density at radius 2 is 2.07 bits per heavy atom. The number of hydrogen-bond acceptors (Lipinski definition) is 5. The molecule has 6 nitrogen and oxygen atoms in total. The van der Waals surface area contributed by atoms with Gasteiger partial charge < -0.3 is 20.2 Å². The molecule has 3 rings (SSSR count). The third kappa shape index (κ3) is 5.72. The zero-order chi connectivity index (χ0) is 19.9. The second-order valence-corrected chi connectivity index (χ2v) is 7.74. The molecule has 0 saturated carbocycles. The summed E-state index contributed by atoms with van der Waals surface area (Å²) in [6.45, 7) is 3.25. The first kappa shape index (κ1) is 20.7. The Kier molecular flexibility index (Phi) is 7.33. The summed E-state index contributed by atoms with van der Waals surface area (Å²) in [5, 5.41) is 19.6. The van der Waals surface area contributed by atoms with Crippen molar-refractivity contribution < 1.29 is 9.52 Å². The van der Waals surface area contributed by atoms with Crippen LogP contribution in [0.3, 0.4) is 0 Å². The maximum atomic E-state index is 10.4. The monoisotopic (exact) mass is 438 g/mol. The molecule has 9 heteroatoms. The van der Waals surface area contributed by atoms with Gasteiger partial charge in [-0.25, -0.2) is 9.98 Å². The number of nitrogens with one attached hydrogen (secondary N) is 2. The van der Waals surface area contributed by atoms with Crippen LogP contribution in [0.15, 0.2) is 51.4 Å². The van der Waals surface area contributed by atoms with Crippen LogP contribution in [0.5, 0.6) is 0 Å². The van der Waals surface area contributed by atoms with Crippen molar-refractivity contribution in [1.82, 2.24) is 15.6 Å². The summed E-state index contributed by atoms with van der Waals surface area (Å²) in [5.74, 6) is 1.15. The summed E-state index contributed by atoms with van der Waals surface area (Å²) in [4.78, 5) is 9.92. The van der Waals surface area contributed by atoms with Crippen molar-refractivity contribution in [2.24, 2.45) is 4.99 Å². The van der Waals surface area contributed by atoms with E-state index in [-0.39, 0.29) is 6.54 Å². The lowest BCUT2D eigenvalue weighted by Crippen LogP contribution is -2.39. The van der Waals surface area contributed by atoms with Crippen LogP contribution in [0.4, 0.5) is 0 Å². The van der Waals surface area contributed by atoms with Gasteiger partial charge in [-0.2, -0.15) is 0 Å². The highest BCUT2D eigenvalue weighted by atomic mass is 35.5. The molecule has 3 aromatic rings. The quantitative estimate of drug-likeness (QED) is 0.373. The minimum Gasteiger partial charge on any atom is -0.443 e. The van der Waals surface area contributed by atoms with Crippen LogP contribution >= 0.6 is 34.5 Å². The second-order valence-electron chi connectivity index (χ2n) is 5.92. The first-order chi connectivity index (χ1) is 13.5. The van der Waals surface area contributed by atoms with Crippen LogP contribution in [0.25, 0.3) is 10.8 Å². The summed E-state index contributed by atoms with van der Waals surface area (Å²) >= 11 is 13.6. The number of nitrogens with zero attached hydrogens (tertiary/aromatic N) is 2. The number of oxazole rings is 1. The Bertz CT molecular complexity index is 908. The minimum atomic E-state index is -0.780. The number of guanidine groups is 1. The van der Waals surface area contributed by atoms with Crippen molar-refractivity contribution in [3.63, 3.8) is 0 Å². The standard InChI is InChI=1S/C19H20Cl2N4O2S/c1-2-22-19(24-10-16(26)12-6-13(20)8-14(21)7-12)23-9-15-11-27-18(25-15)17-4-3-5-28-17/h3-8,11,16,26H,2,9-10H2,1H3,(H2,22,23,24). The fourth-order valence-corrected chi connectivity index (χ4v) is 3.67. The molecule has 1 unspecified atom stereocenters. The Hall–Kier alpha value is -2.06. The number of halogens is 2. The molecule has 1 aromatic carbocycles. The largest absolute Gasteiger partial charge is 0.443 e. The van der Waals surface area contributed by atoms with Crippen LogP contribution in [0.1, 0.15) is 24.3 Å². The third-order valence-electron chi connectivity index (χ3n) is 3.76. The summed E-state index contributed by atoms with van der Waals surface area (Å²) in [5.41, 5.74) is 1.36. The molecule has 0 aliphatic rings. The van der Waals surface area contributed by atoms with Gasteiger partial charge in [0.05, 0.1) is 17.5 Å². The maximum absolute atomic E-state index is 10.4. The maximum Gasteiger partial charge on any atom is 0.236 e. The van der Waals surface area contributed by atoms with E-state index in [2.05, 4.69) is 20.6 Å². The van der Waals surface area contributed by atoms with Gasteiger partial charge in [0.1, 0.15) is 12.0 Å². The SMILES string of the molecule is CCNC(=NCc1coc(-c2cccs2)n1)NCC(O)c1cc(Cl)cc(Cl)c1. The molecule has 148 valence electrons. The summed E-state index contributed by atoms with van der Waals surface area (Å²) in [6, 6.07) is 8.91. The highest BCUT2D eigenvalue weighted by Gasteiger charge is 2.11.